The van der Waals surface area contributed by atoms with Crippen LogP contribution in [-0.4, -0.2) is 42.6 Å². The Morgan fingerprint density at radius 3 is 2.73 bits per heavy atom. The van der Waals surface area contributed by atoms with Crippen LogP contribution in [0.25, 0.3) is 0 Å². The van der Waals surface area contributed by atoms with E-state index in [0.29, 0.717) is 17.2 Å². The topological polar surface area (TPSA) is 94.2 Å². The third-order valence-electron chi connectivity index (χ3n) is 5.24. The molecule has 4 rings (SSSR count). The summed E-state index contributed by atoms with van der Waals surface area (Å²) in [6.07, 6.45) is 0.0831. The lowest BCUT2D eigenvalue weighted by molar-refractivity contribution is -0.151. The zero-order valence-corrected chi connectivity index (χ0v) is 16.5. The number of nitrogens with zero attached hydrogens (tertiary/aromatic N) is 1. The fourth-order valence-electron chi connectivity index (χ4n) is 3.60. The van der Waals surface area contributed by atoms with E-state index in [1.54, 1.807) is 23.1 Å². The Kier molecular flexibility index (Phi) is 5.56. The molecule has 8 nitrogen and oxygen atoms in total. The van der Waals surface area contributed by atoms with Crippen molar-refractivity contribution >= 4 is 23.5 Å². The second-order valence-electron chi connectivity index (χ2n) is 7.26. The van der Waals surface area contributed by atoms with Crippen LogP contribution in [0.5, 0.6) is 11.5 Å². The molecule has 2 amide bonds. The molecule has 2 heterocycles. The number of fused-ring (bicyclic) bond motifs is 1. The summed E-state index contributed by atoms with van der Waals surface area (Å²) >= 11 is 0. The molecule has 2 aromatic carbocycles. The van der Waals surface area contributed by atoms with Crippen LogP contribution in [0, 0.1) is 5.92 Å². The smallest absolute Gasteiger partial charge is 0.311 e. The fourth-order valence-corrected chi connectivity index (χ4v) is 3.60. The Labute approximate surface area is 173 Å². The van der Waals surface area contributed by atoms with Gasteiger partial charge < -0.3 is 24.4 Å². The van der Waals surface area contributed by atoms with Gasteiger partial charge in [-0.1, -0.05) is 30.3 Å². The molecule has 1 N–H and O–H groups in total. The number of amides is 2. The summed E-state index contributed by atoms with van der Waals surface area (Å²) < 4.78 is 15.6. The lowest BCUT2D eigenvalue weighted by Crippen LogP contribution is -2.30. The Hall–Kier alpha value is -3.55. The molecule has 0 spiro atoms. The molecule has 8 heteroatoms. The first-order chi connectivity index (χ1) is 14.5. The number of ether oxygens (including phenoxy) is 3. The molecule has 30 heavy (non-hydrogen) atoms. The molecule has 2 aliphatic rings. The molecule has 156 valence electrons. The first kappa shape index (κ1) is 19.8. The molecule has 2 aliphatic heterocycles. The Bertz CT molecular complexity index is 961. The summed E-state index contributed by atoms with van der Waals surface area (Å²) in [7, 11) is 0. The van der Waals surface area contributed by atoms with Gasteiger partial charge in [0.15, 0.2) is 18.1 Å². The van der Waals surface area contributed by atoms with Crippen molar-refractivity contribution in [2.24, 2.45) is 5.92 Å². The van der Waals surface area contributed by atoms with Gasteiger partial charge in [0.25, 0.3) is 5.91 Å². The van der Waals surface area contributed by atoms with Gasteiger partial charge >= 0.3 is 5.97 Å². The molecule has 0 bridgehead atoms. The number of likely N-dealkylation sites (tertiary alicyclic amines) is 1. The van der Waals surface area contributed by atoms with Gasteiger partial charge in [-0.25, -0.2) is 0 Å². The van der Waals surface area contributed by atoms with Crippen molar-refractivity contribution in [3.8, 4) is 11.5 Å². The van der Waals surface area contributed by atoms with Gasteiger partial charge in [-0.05, 0) is 24.6 Å². The second kappa shape index (κ2) is 8.44. The maximum absolute atomic E-state index is 12.4. The van der Waals surface area contributed by atoms with E-state index in [1.807, 2.05) is 37.3 Å². The Morgan fingerprint density at radius 1 is 1.17 bits per heavy atom. The van der Waals surface area contributed by atoms with Gasteiger partial charge in [0.1, 0.15) is 0 Å². The quantitative estimate of drug-likeness (QED) is 0.736. The molecule has 0 aliphatic carbocycles. The molecule has 1 fully saturated rings. The van der Waals surface area contributed by atoms with Gasteiger partial charge in [-0.2, -0.15) is 0 Å². The van der Waals surface area contributed by atoms with Gasteiger partial charge in [0, 0.05) is 24.7 Å². The van der Waals surface area contributed by atoms with Gasteiger partial charge in [0.05, 0.1) is 12.0 Å². The summed E-state index contributed by atoms with van der Waals surface area (Å²) in [6.45, 7) is 1.92. The minimum absolute atomic E-state index is 0.0831. The highest BCUT2D eigenvalue weighted by Gasteiger charge is 2.38. The molecule has 0 unspecified atom stereocenters. The predicted octanol–water partition coefficient (Wildman–Crippen LogP) is 2.51. The summed E-state index contributed by atoms with van der Waals surface area (Å²) in [5.41, 5.74) is 1.52. The third kappa shape index (κ3) is 4.22. The standard InChI is InChI=1S/C22H22N2O6/c1-14(15-5-3-2-4-6-15)24-11-16(9-21(24)26)22(27)28-12-20(25)23-17-7-8-18-19(10-17)30-13-29-18/h2-8,10,14,16H,9,11-13H2,1H3,(H,23,25)/t14-,16-/m1/s1. The SMILES string of the molecule is C[C@H](c1ccccc1)N1C[C@H](C(=O)OCC(=O)Nc2ccc3c(c2)OCO3)CC1=O. The molecule has 1 saturated heterocycles. The average molecular weight is 410 g/mol. The third-order valence-corrected chi connectivity index (χ3v) is 5.24. The highest BCUT2D eigenvalue weighted by molar-refractivity contribution is 5.94. The van der Waals surface area contributed by atoms with Crippen molar-refractivity contribution in [2.75, 3.05) is 25.3 Å². The van der Waals surface area contributed by atoms with Crippen LogP contribution in [0.15, 0.2) is 48.5 Å². The van der Waals surface area contributed by atoms with Crippen LogP contribution in [0.4, 0.5) is 5.69 Å². The number of benzene rings is 2. The van der Waals surface area contributed by atoms with E-state index >= 15 is 0 Å². The fraction of sp³-hybridized carbons (Fsp3) is 0.318. The Morgan fingerprint density at radius 2 is 1.93 bits per heavy atom. The summed E-state index contributed by atoms with van der Waals surface area (Å²) in [4.78, 5) is 38.6. The maximum Gasteiger partial charge on any atom is 0.311 e. The highest BCUT2D eigenvalue weighted by Crippen LogP contribution is 2.34. The first-order valence-electron chi connectivity index (χ1n) is 9.72. The van der Waals surface area contributed by atoms with Gasteiger partial charge in [0.2, 0.25) is 12.7 Å². The average Bonchev–Trinajstić information content (AvgIpc) is 3.38. The van der Waals surface area contributed by atoms with E-state index in [1.165, 1.54) is 0 Å². The van der Waals surface area contributed by atoms with Crippen LogP contribution in [0.1, 0.15) is 24.9 Å². The number of esters is 1. The van der Waals surface area contributed by atoms with E-state index in [4.69, 9.17) is 14.2 Å². The number of nitrogens with one attached hydrogen (secondary N) is 1. The monoisotopic (exact) mass is 410 g/mol. The number of hydrogen-bond donors (Lipinski definition) is 1. The number of rotatable bonds is 6. The highest BCUT2D eigenvalue weighted by atomic mass is 16.7. The normalized spacial score (nSPS) is 18.2. The second-order valence-corrected chi connectivity index (χ2v) is 7.26. The van der Waals surface area contributed by atoms with Crippen LogP contribution < -0.4 is 14.8 Å². The number of carbonyl (C=O) groups is 3. The summed E-state index contributed by atoms with van der Waals surface area (Å²) in [6, 6.07) is 14.5. The minimum Gasteiger partial charge on any atom is -0.455 e. The van der Waals surface area contributed by atoms with Crippen LogP contribution in [0.3, 0.4) is 0 Å². The van der Waals surface area contributed by atoms with Crippen molar-refractivity contribution in [1.29, 1.82) is 0 Å². The predicted molar refractivity (Wildman–Crippen MR) is 107 cm³/mol. The number of hydrogen-bond acceptors (Lipinski definition) is 6. The van der Waals surface area contributed by atoms with E-state index < -0.39 is 24.4 Å². The van der Waals surface area contributed by atoms with E-state index in [0.717, 1.165) is 5.56 Å². The minimum atomic E-state index is -0.581. The summed E-state index contributed by atoms with van der Waals surface area (Å²) in [5, 5.41) is 2.65. The molecule has 2 aromatic rings. The number of anilines is 1. The lowest BCUT2D eigenvalue weighted by Gasteiger charge is -2.25. The zero-order valence-electron chi connectivity index (χ0n) is 16.5. The zero-order chi connectivity index (χ0) is 21.1. The maximum atomic E-state index is 12.4. The summed E-state index contributed by atoms with van der Waals surface area (Å²) in [5.74, 6) is -0.547. The van der Waals surface area contributed by atoms with Gasteiger partial charge in [-0.15, -0.1) is 0 Å². The number of carbonyl (C=O) groups excluding carboxylic acids is 3. The molecule has 0 radical (unpaired) electrons. The van der Waals surface area contributed by atoms with Crippen LogP contribution in [0.2, 0.25) is 0 Å². The first-order valence-corrected chi connectivity index (χ1v) is 9.72. The molecule has 0 aromatic heterocycles. The van der Waals surface area contributed by atoms with Crippen molar-refractivity contribution in [2.45, 2.75) is 19.4 Å². The van der Waals surface area contributed by atoms with E-state index in [9.17, 15) is 14.4 Å². The largest absolute Gasteiger partial charge is 0.455 e. The lowest BCUT2D eigenvalue weighted by atomic mass is 10.1. The molecule has 0 saturated carbocycles. The molecule has 2 atom stereocenters. The van der Waals surface area contributed by atoms with Crippen LogP contribution in [-0.2, 0) is 19.1 Å². The Balaban J connectivity index is 1.28. The van der Waals surface area contributed by atoms with Crippen molar-refractivity contribution in [3.63, 3.8) is 0 Å². The van der Waals surface area contributed by atoms with Crippen LogP contribution >= 0.6 is 0 Å². The van der Waals surface area contributed by atoms with Gasteiger partial charge in [-0.3, -0.25) is 14.4 Å². The molecular formula is C22H22N2O6. The van der Waals surface area contributed by atoms with Crippen molar-refractivity contribution in [3.05, 3.63) is 54.1 Å². The van der Waals surface area contributed by atoms with E-state index in [2.05, 4.69) is 5.32 Å². The van der Waals surface area contributed by atoms with E-state index in [-0.39, 0.29) is 31.7 Å². The molecular weight excluding hydrogens is 388 g/mol. The van der Waals surface area contributed by atoms with Crippen molar-refractivity contribution < 1.29 is 28.6 Å². The van der Waals surface area contributed by atoms with Crippen molar-refractivity contribution in [1.82, 2.24) is 4.90 Å².